The van der Waals surface area contributed by atoms with E-state index in [-0.39, 0.29) is 18.8 Å². The van der Waals surface area contributed by atoms with Gasteiger partial charge in [-0.05, 0) is 6.92 Å². The van der Waals surface area contributed by atoms with Crippen LogP contribution >= 0.6 is 0 Å². The van der Waals surface area contributed by atoms with Crippen LogP contribution in [0.1, 0.15) is 34.1 Å². The van der Waals surface area contributed by atoms with Crippen molar-refractivity contribution in [2.24, 2.45) is 5.92 Å². The number of carbonyl (C=O) groups excluding carboxylic acids is 4. The Balaban J connectivity index is 3.11. The van der Waals surface area contributed by atoms with Gasteiger partial charge in [0.1, 0.15) is 24.6 Å². The third-order valence-electron chi connectivity index (χ3n) is 3.37. The molecule has 1 fully saturated rings. The Morgan fingerprint density at radius 3 is 1.92 bits per heavy atom. The van der Waals surface area contributed by atoms with E-state index in [0.717, 1.165) is 13.8 Å². The Morgan fingerprint density at radius 1 is 0.917 bits per heavy atom. The molecule has 1 aliphatic heterocycles. The highest BCUT2D eigenvalue weighted by Gasteiger charge is 2.49. The lowest BCUT2D eigenvalue weighted by Crippen LogP contribution is -2.59. The summed E-state index contributed by atoms with van der Waals surface area (Å²) in [5.74, 6) is -3.12. The number of rotatable bonds is 6. The molecule has 0 amide bonds. The van der Waals surface area contributed by atoms with Crippen LogP contribution in [0.15, 0.2) is 0 Å². The average molecular weight is 346 g/mol. The molecule has 9 heteroatoms. The van der Waals surface area contributed by atoms with Gasteiger partial charge in [-0.2, -0.15) is 0 Å². The molecule has 9 nitrogen and oxygen atoms in total. The molecule has 1 saturated heterocycles. The van der Waals surface area contributed by atoms with E-state index < -0.39 is 48.4 Å². The van der Waals surface area contributed by atoms with Crippen LogP contribution in [0.3, 0.4) is 0 Å². The number of carbonyl (C=O) groups is 4. The second-order valence-electron chi connectivity index (χ2n) is 5.59. The predicted molar refractivity (Wildman–Crippen MR) is 77.4 cm³/mol. The molecule has 0 saturated carbocycles. The molecule has 0 aromatic heterocycles. The first-order valence-electron chi connectivity index (χ1n) is 7.42. The topological polar surface area (TPSA) is 125 Å². The first kappa shape index (κ1) is 20.0. The molecular weight excluding hydrogens is 324 g/mol. The van der Waals surface area contributed by atoms with Gasteiger partial charge in [0.2, 0.25) is 0 Å². The third kappa shape index (κ3) is 5.89. The molecule has 5 atom stereocenters. The van der Waals surface area contributed by atoms with Gasteiger partial charge in [-0.1, -0.05) is 0 Å². The van der Waals surface area contributed by atoms with Crippen molar-refractivity contribution in [3.8, 4) is 0 Å². The molecular formula is C15H22O9. The van der Waals surface area contributed by atoms with Crippen LogP contribution in [0.25, 0.3) is 0 Å². The third-order valence-corrected chi connectivity index (χ3v) is 3.37. The largest absolute Gasteiger partial charge is 0.463 e. The lowest BCUT2D eigenvalue weighted by atomic mass is 9.87. The predicted octanol–water partition coefficient (Wildman–Crippen LogP) is -0.275. The van der Waals surface area contributed by atoms with Crippen LogP contribution in [-0.4, -0.2) is 60.0 Å². The second kappa shape index (κ2) is 8.74. The van der Waals surface area contributed by atoms with E-state index >= 15 is 0 Å². The Bertz CT molecular complexity index is 501. The summed E-state index contributed by atoms with van der Waals surface area (Å²) in [5, 5.41) is 10.1. The molecule has 0 bridgehead atoms. The van der Waals surface area contributed by atoms with Gasteiger partial charge in [-0.15, -0.1) is 0 Å². The highest BCUT2D eigenvalue weighted by Crippen LogP contribution is 2.32. The van der Waals surface area contributed by atoms with Gasteiger partial charge >= 0.3 is 17.9 Å². The van der Waals surface area contributed by atoms with Gasteiger partial charge in [-0.25, -0.2) is 0 Å². The smallest absolute Gasteiger partial charge is 0.303 e. The highest BCUT2D eigenvalue weighted by molar-refractivity contribution is 5.76. The molecule has 0 aromatic carbocycles. The number of ether oxygens (including phenoxy) is 4. The van der Waals surface area contributed by atoms with Crippen molar-refractivity contribution in [2.45, 2.75) is 58.7 Å². The molecule has 24 heavy (non-hydrogen) atoms. The maximum absolute atomic E-state index is 11.4. The van der Waals surface area contributed by atoms with Gasteiger partial charge in [0.25, 0.3) is 0 Å². The fourth-order valence-corrected chi connectivity index (χ4v) is 2.54. The summed E-state index contributed by atoms with van der Waals surface area (Å²) in [5.41, 5.74) is 0. The molecule has 0 aliphatic carbocycles. The van der Waals surface area contributed by atoms with E-state index in [0.29, 0.717) is 0 Å². The molecule has 136 valence electrons. The number of hydrogen-bond acceptors (Lipinski definition) is 9. The van der Waals surface area contributed by atoms with Crippen molar-refractivity contribution in [3.63, 3.8) is 0 Å². The Kier molecular flexibility index (Phi) is 7.30. The van der Waals surface area contributed by atoms with Gasteiger partial charge in [0.15, 0.2) is 12.4 Å². The molecule has 0 aromatic rings. The van der Waals surface area contributed by atoms with Crippen LogP contribution in [0.5, 0.6) is 0 Å². The summed E-state index contributed by atoms with van der Waals surface area (Å²) in [6, 6.07) is 0. The van der Waals surface area contributed by atoms with Crippen LogP contribution < -0.4 is 0 Å². The first-order chi connectivity index (χ1) is 11.1. The lowest BCUT2D eigenvalue weighted by Gasteiger charge is -2.43. The van der Waals surface area contributed by atoms with Crippen LogP contribution in [0.2, 0.25) is 0 Å². The number of aliphatic hydroxyl groups excluding tert-OH is 1. The Labute approximate surface area is 139 Å². The first-order valence-corrected chi connectivity index (χ1v) is 7.42. The van der Waals surface area contributed by atoms with Crippen molar-refractivity contribution in [1.82, 2.24) is 0 Å². The minimum Gasteiger partial charge on any atom is -0.463 e. The van der Waals surface area contributed by atoms with E-state index in [4.69, 9.17) is 18.9 Å². The monoisotopic (exact) mass is 346 g/mol. The number of aliphatic hydroxyl groups is 1. The number of hydrogen-bond donors (Lipinski definition) is 1. The molecule has 0 radical (unpaired) electrons. The van der Waals surface area contributed by atoms with Crippen molar-refractivity contribution >= 4 is 23.7 Å². The molecule has 1 rings (SSSR count). The number of ketones is 1. The van der Waals surface area contributed by atoms with Gasteiger partial charge in [0.05, 0.1) is 5.92 Å². The molecule has 1 heterocycles. The van der Waals surface area contributed by atoms with Crippen molar-refractivity contribution < 1.29 is 43.2 Å². The fourth-order valence-electron chi connectivity index (χ4n) is 2.54. The van der Waals surface area contributed by atoms with Crippen LogP contribution in [0, 0.1) is 5.92 Å². The fraction of sp³-hybridized carbons (Fsp3) is 0.733. The quantitative estimate of drug-likeness (QED) is 0.510. The molecule has 1 unspecified atom stereocenters. The zero-order valence-corrected chi connectivity index (χ0v) is 14.0. The SMILES string of the molecule is CC(=O)C[C@H]1C(O)O[C@H](COC(C)=O)[C@@H](OC(C)=O)[C@@H]1OC(C)=O. The Morgan fingerprint density at radius 2 is 1.46 bits per heavy atom. The van der Waals surface area contributed by atoms with E-state index in [1.807, 2.05) is 0 Å². The van der Waals surface area contributed by atoms with Crippen molar-refractivity contribution in [1.29, 1.82) is 0 Å². The summed E-state index contributed by atoms with van der Waals surface area (Å²) >= 11 is 0. The van der Waals surface area contributed by atoms with Gasteiger partial charge < -0.3 is 28.8 Å². The van der Waals surface area contributed by atoms with Gasteiger partial charge in [0, 0.05) is 27.2 Å². The zero-order valence-electron chi connectivity index (χ0n) is 14.0. The standard InChI is InChI=1S/C15H22O9/c1-7(16)5-11-13(22-9(3)18)14(23-10(4)19)12(24-15(11)20)6-21-8(2)17/h11-15,20H,5-6H2,1-4H3/t11-,12-,13-,14-,15?/m1/s1. The molecule has 0 spiro atoms. The summed E-state index contributed by atoms with van der Waals surface area (Å²) < 4.78 is 20.5. The van der Waals surface area contributed by atoms with Crippen molar-refractivity contribution in [2.75, 3.05) is 6.61 Å². The second-order valence-corrected chi connectivity index (χ2v) is 5.59. The highest BCUT2D eigenvalue weighted by atomic mass is 16.7. The maximum atomic E-state index is 11.4. The van der Waals surface area contributed by atoms with Crippen LogP contribution in [-0.2, 0) is 38.1 Å². The molecule has 1 N–H and O–H groups in total. The number of Topliss-reactive ketones (excluding diaryl/α,β-unsaturated/α-hetero) is 1. The maximum Gasteiger partial charge on any atom is 0.303 e. The van der Waals surface area contributed by atoms with Crippen LogP contribution in [0.4, 0.5) is 0 Å². The van der Waals surface area contributed by atoms with E-state index in [2.05, 4.69) is 0 Å². The summed E-state index contributed by atoms with van der Waals surface area (Å²) in [6.45, 7) is 4.48. The van der Waals surface area contributed by atoms with E-state index in [9.17, 15) is 24.3 Å². The normalized spacial score (nSPS) is 29.5. The zero-order chi connectivity index (χ0) is 18.4. The average Bonchev–Trinajstić information content (AvgIpc) is 2.42. The van der Waals surface area contributed by atoms with Gasteiger partial charge in [-0.3, -0.25) is 14.4 Å². The summed E-state index contributed by atoms with van der Waals surface area (Å²) in [6.07, 6.45) is -4.87. The van der Waals surface area contributed by atoms with Crippen molar-refractivity contribution in [3.05, 3.63) is 0 Å². The van der Waals surface area contributed by atoms with E-state index in [1.54, 1.807) is 0 Å². The molecule has 1 aliphatic rings. The van der Waals surface area contributed by atoms with E-state index in [1.165, 1.54) is 13.8 Å². The minimum absolute atomic E-state index is 0.142. The lowest BCUT2D eigenvalue weighted by molar-refractivity contribution is -0.278. The summed E-state index contributed by atoms with van der Waals surface area (Å²) in [4.78, 5) is 45.2. The summed E-state index contributed by atoms with van der Waals surface area (Å²) in [7, 11) is 0. The number of esters is 3. The Hall–Kier alpha value is -2.00. The minimum atomic E-state index is -1.45.